The quantitative estimate of drug-likeness (QED) is 0.752. The Labute approximate surface area is 136 Å². The van der Waals surface area contributed by atoms with Gasteiger partial charge in [-0.1, -0.05) is 30.3 Å². The molecule has 3 heterocycles. The van der Waals surface area contributed by atoms with Gasteiger partial charge in [-0.2, -0.15) is 0 Å². The van der Waals surface area contributed by atoms with Crippen LogP contribution in [-0.2, 0) is 14.2 Å². The fourth-order valence-corrected chi connectivity index (χ4v) is 3.04. The van der Waals surface area contributed by atoms with Crippen LogP contribution >= 0.6 is 0 Å². The summed E-state index contributed by atoms with van der Waals surface area (Å²) in [5.74, 6) is 0. The summed E-state index contributed by atoms with van der Waals surface area (Å²) in [4.78, 5) is 0. The summed E-state index contributed by atoms with van der Waals surface area (Å²) in [7, 11) is 0. The number of hydrogen-bond donors (Lipinski definition) is 3. The van der Waals surface area contributed by atoms with Gasteiger partial charge in [-0.3, -0.25) is 0 Å². The average Bonchev–Trinajstić information content (AvgIpc) is 2.72. The molecule has 5 unspecified atom stereocenters. The van der Waals surface area contributed by atoms with Gasteiger partial charge in [0.05, 0.1) is 6.61 Å². The number of fused-ring (bicyclic) bond motifs is 6. The van der Waals surface area contributed by atoms with E-state index in [-0.39, 0.29) is 12.1 Å². The third kappa shape index (κ3) is 3.91. The molecule has 6 nitrogen and oxygen atoms in total. The highest BCUT2D eigenvalue weighted by Gasteiger charge is 2.46. The molecule has 0 aliphatic carbocycles. The molecule has 6 atom stereocenters. The van der Waals surface area contributed by atoms with Gasteiger partial charge in [-0.05, 0) is 18.9 Å². The van der Waals surface area contributed by atoms with E-state index in [1.54, 1.807) is 0 Å². The Morgan fingerprint density at radius 2 is 1.87 bits per heavy atom. The first-order valence-corrected chi connectivity index (χ1v) is 8.20. The summed E-state index contributed by atoms with van der Waals surface area (Å²) in [5, 5.41) is 23.8. The number of aliphatic hydroxyl groups is 2. The van der Waals surface area contributed by atoms with E-state index in [9.17, 15) is 10.2 Å². The zero-order valence-corrected chi connectivity index (χ0v) is 13.3. The van der Waals surface area contributed by atoms with Crippen molar-refractivity contribution in [2.24, 2.45) is 0 Å². The fraction of sp³-hybridized carbons (Fsp3) is 0.647. The molecule has 3 N–H and O–H groups in total. The maximum absolute atomic E-state index is 10.3. The van der Waals surface area contributed by atoms with E-state index < -0.39 is 24.6 Å². The van der Waals surface area contributed by atoms with Crippen molar-refractivity contribution < 1.29 is 24.4 Å². The van der Waals surface area contributed by atoms with Crippen molar-refractivity contribution in [2.75, 3.05) is 19.8 Å². The third-order valence-corrected chi connectivity index (χ3v) is 4.45. The molecule has 3 fully saturated rings. The highest BCUT2D eigenvalue weighted by Crippen LogP contribution is 2.26. The van der Waals surface area contributed by atoms with Crippen LogP contribution in [0, 0.1) is 0 Å². The van der Waals surface area contributed by atoms with E-state index in [0.717, 1.165) is 6.42 Å². The van der Waals surface area contributed by atoms with Crippen LogP contribution in [0.15, 0.2) is 30.3 Å². The first kappa shape index (κ1) is 16.8. The molecule has 2 bridgehead atoms. The molecule has 0 spiro atoms. The van der Waals surface area contributed by atoms with Crippen molar-refractivity contribution in [3.63, 3.8) is 0 Å². The number of hydrogen-bond acceptors (Lipinski definition) is 6. The lowest BCUT2D eigenvalue weighted by Gasteiger charge is -2.41. The Morgan fingerprint density at radius 1 is 1.13 bits per heavy atom. The van der Waals surface area contributed by atoms with Crippen molar-refractivity contribution in [2.45, 2.75) is 50.1 Å². The van der Waals surface area contributed by atoms with E-state index in [1.807, 2.05) is 18.2 Å². The predicted octanol–water partition coefficient (Wildman–Crippen LogP) is 0.589. The van der Waals surface area contributed by atoms with Crippen LogP contribution in [0.25, 0.3) is 0 Å². The van der Waals surface area contributed by atoms with Crippen molar-refractivity contribution >= 4 is 0 Å². The van der Waals surface area contributed by atoms with Crippen LogP contribution in [0.1, 0.15) is 24.9 Å². The number of nitrogens with one attached hydrogen (secondary N) is 1. The first-order valence-electron chi connectivity index (χ1n) is 8.20. The van der Waals surface area contributed by atoms with Crippen LogP contribution in [0.3, 0.4) is 0 Å². The van der Waals surface area contributed by atoms with Crippen LogP contribution in [0.5, 0.6) is 0 Å². The molecule has 3 saturated heterocycles. The van der Waals surface area contributed by atoms with E-state index in [1.165, 1.54) is 5.56 Å². The summed E-state index contributed by atoms with van der Waals surface area (Å²) in [6.45, 7) is 3.51. The average molecular weight is 323 g/mol. The minimum Gasteiger partial charge on any atom is -0.387 e. The van der Waals surface area contributed by atoms with Gasteiger partial charge in [0.1, 0.15) is 24.4 Å². The molecule has 0 radical (unpaired) electrons. The lowest BCUT2D eigenvalue weighted by molar-refractivity contribution is -0.293. The molecule has 1 aromatic carbocycles. The zero-order chi connectivity index (χ0) is 16.2. The summed E-state index contributed by atoms with van der Waals surface area (Å²) < 4.78 is 17.1. The molecule has 128 valence electrons. The number of rotatable bonds is 4. The molecule has 23 heavy (non-hydrogen) atoms. The van der Waals surface area contributed by atoms with Gasteiger partial charge < -0.3 is 29.7 Å². The monoisotopic (exact) mass is 323 g/mol. The first-order chi connectivity index (χ1) is 11.2. The fourth-order valence-electron chi connectivity index (χ4n) is 3.04. The maximum Gasteiger partial charge on any atom is 0.186 e. The van der Waals surface area contributed by atoms with Crippen molar-refractivity contribution in [3.8, 4) is 0 Å². The van der Waals surface area contributed by atoms with Crippen LogP contribution < -0.4 is 5.32 Å². The Balaban J connectivity index is 1.64. The molecule has 3 aliphatic rings. The normalized spacial score (nSPS) is 36.0. The minimum atomic E-state index is -1.08. The topological polar surface area (TPSA) is 80.2 Å². The Morgan fingerprint density at radius 3 is 2.65 bits per heavy atom. The van der Waals surface area contributed by atoms with Gasteiger partial charge in [-0.25, -0.2) is 0 Å². The second-order valence-corrected chi connectivity index (χ2v) is 6.12. The van der Waals surface area contributed by atoms with E-state index >= 15 is 0 Å². The second-order valence-electron chi connectivity index (χ2n) is 6.12. The van der Waals surface area contributed by atoms with Gasteiger partial charge in [0.2, 0.25) is 0 Å². The van der Waals surface area contributed by atoms with Crippen molar-refractivity contribution in [1.29, 1.82) is 0 Å². The molecule has 3 aliphatic heterocycles. The molecular weight excluding hydrogens is 298 g/mol. The third-order valence-electron chi connectivity index (χ3n) is 4.45. The predicted molar refractivity (Wildman–Crippen MR) is 83.8 cm³/mol. The van der Waals surface area contributed by atoms with E-state index in [4.69, 9.17) is 14.2 Å². The lowest BCUT2D eigenvalue weighted by Crippen LogP contribution is -2.60. The highest BCUT2D eigenvalue weighted by atomic mass is 16.7. The Hall–Kier alpha value is -1.02. The SMILES string of the molecule is C[C@H](NCC1OC2OCCCOC1C(O)C2O)c1ccccc1. The molecule has 0 saturated carbocycles. The molecule has 6 heteroatoms. The van der Waals surface area contributed by atoms with Gasteiger partial charge in [0, 0.05) is 19.2 Å². The second kappa shape index (κ2) is 7.70. The minimum absolute atomic E-state index is 0.147. The summed E-state index contributed by atoms with van der Waals surface area (Å²) >= 11 is 0. The lowest BCUT2D eigenvalue weighted by atomic mass is 9.98. The van der Waals surface area contributed by atoms with Gasteiger partial charge in [0.25, 0.3) is 0 Å². The summed E-state index contributed by atoms with van der Waals surface area (Å²) in [6, 6.07) is 10.3. The summed E-state index contributed by atoms with van der Waals surface area (Å²) in [6.07, 6.45) is -3.11. The van der Waals surface area contributed by atoms with Crippen LogP contribution in [-0.4, -0.2) is 60.7 Å². The largest absolute Gasteiger partial charge is 0.387 e. The van der Waals surface area contributed by atoms with Gasteiger partial charge in [-0.15, -0.1) is 0 Å². The molecular formula is C17H25NO5. The zero-order valence-electron chi connectivity index (χ0n) is 13.3. The Bertz CT molecular complexity index is 483. The summed E-state index contributed by atoms with van der Waals surface area (Å²) in [5.41, 5.74) is 1.18. The van der Waals surface area contributed by atoms with Gasteiger partial charge in [0.15, 0.2) is 6.29 Å². The van der Waals surface area contributed by atoms with Crippen LogP contribution in [0.4, 0.5) is 0 Å². The molecule has 1 aromatic rings. The Kier molecular flexibility index (Phi) is 5.63. The van der Waals surface area contributed by atoms with Crippen molar-refractivity contribution in [1.82, 2.24) is 5.32 Å². The highest BCUT2D eigenvalue weighted by molar-refractivity contribution is 5.18. The molecule has 4 rings (SSSR count). The van der Waals surface area contributed by atoms with E-state index in [2.05, 4.69) is 24.4 Å². The van der Waals surface area contributed by atoms with Crippen molar-refractivity contribution in [3.05, 3.63) is 35.9 Å². The molecule has 0 aromatic heterocycles. The number of ether oxygens (including phenoxy) is 3. The smallest absolute Gasteiger partial charge is 0.186 e. The van der Waals surface area contributed by atoms with E-state index in [0.29, 0.717) is 19.8 Å². The molecule has 0 amide bonds. The number of benzene rings is 1. The van der Waals surface area contributed by atoms with Gasteiger partial charge >= 0.3 is 0 Å². The number of aliphatic hydroxyl groups excluding tert-OH is 2. The standard InChI is InChI=1S/C17H25NO5/c1-11(12-6-3-2-4-7-12)18-10-13-16-14(19)15(20)17(23-13)22-9-5-8-21-16/h2-4,6-7,11,13-20H,5,8-10H2,1H3/t11-,13?,14?,15?,16?,17?/m0/s1. The van der Waals surface area contributed by atoms with Crippen LogP contribution in [0.2, 0.25) is 0 Å². The maximum atomic E-state index is 10.3.